The quantitative estimate of drug-likeness (QED) is 0.703. The van der Waals surface area contributed by atoms with Crippen LogP contribution in [0.15, 0.2) is 36.4 Å². The van der Waals surface area contributed by atoms with Gasteiger partial charge >= 0.3 is 5.97 Å². The predicted molar refractivity (Wildman–Crippen MR) is 108 cm³/mol. The zero-order valence-electron chi connectivity index (χ0n) is 16.0. The third-order valence-corrected chi connectivity index (χ3v) is 5.22. The van der Waals surface area contributed by atoms with Gasteiger partial charge in [-0.2, -0.15) is 5.10 Å². The number of carbonyl (C=O) groups is 2. The molecule has 0 spiro atoms. The molecule has 2 heterocycles. The summed E-state index contributed by atoms with van der Waals surface area (Å²) in [5.74, 6) is -1.94. The van der Waals surface area contributed by atoms with Gasteiger partial charge in [-0.1, -0.05) is 0 Å². The van der Waals surface area contributed by atoms with Crippen LogP contribution in [0.4, 0.5) is 15.8 Å². The SMILES string of the molecule is Cn1nc(C(=O)Nc2cc(C(=O)O)ccc2N2CCCCC2)c2ccc(F)cc21. The number of nitrogens with one attached hydrogen (secondary N) is 1. The first-order valence-corrected chi connectivity index (χ1v) is 9.50. The molecule has 7 nitrogen and oxygen atoms in total. The Labute approximate surface area is 166 Å². The number of hydrogen-bond acceptors (Lipinski definition) is 4. The number of piperidine rings is 1. The molecule has 0 unspecified atom stereocenters. The van der Waals surface area contributed by atoms with Gasteiger partial charge in [-0.05, 0) is 55.7 Å². The van der Waals surface area contributed by atoms with Gasteiger partial charge in [0, 0.05) is 25.5 Å². The van der Waals surface area contributed by atoms with Crippen molar-refractivity contribution >= 4 is 34.2 Å². The number of fused-ring (bicyclic) bond motifs is 1. The van der Waals surface area contributed by atoms with Gasteiger partial charge in [0.15, 0.2) is 5.69 Å². The molecule has 8 heteroatoms. The first-order chi connectivity index (χ1) is 13.9. The minimum Gasteiger partial charge on any atom is -0.478 e. The van der Waals surface area contributed by atoms with E-state index in [1.165, 1.54) is 28.9 Å². The van der Waals surface area contributed by atoms with Crippen molar-refractivity contribution in [2.75, 3.05) is 23.3 Å². The first kappa shape index (κ1) is 18.9. The van der Waals surface area contributed by atoms with E-state index in [1.807, 2.05) is 0 Å². The van der Waals surface area contributed by atoms with Crippen LogP contribution in [0.3, 0.4) is 0 Å². The lowest BCUT2D eigenvalue weighted by Gasteiger charge is -2.30. The van der Waals surface area contributed by atoms with Crippen LogP contribution in [0.1, 0.15) is 40.1 Å². The van der Waals surface area contributed by atoms with Gasteiger partial charge < -0.3 is 15.3 Å². The number of carboxylic acid groups (broad SMARTS) is 1. The molecule has 0 aliphatic carbocycles. The van der Waals surface area contributed by atoms with Crippen molar-refractivity contribution in [2.24, 2.45) is 7.05 Å². The summed E-state index contributed by atoms with van der Waals surface area (Å²) in [6.07, 6.45) is 3.25. The van der Waals surface area contributed by atoms with Gasteiger partial charge in [0.25, 0.3) is 5.91 Å². The van der Waals surface area contributed by atoms with Gasteiger partial charge in [0.2, 0.25) is 0 Å². The largest absolute Gasteiger partial charge is 0.478 e. The summed E-state index contributed by atoms with van der Waals surface area (Å²) in [5.41, 5.74) is 1.97. The van der Waals surface area contributed by atoms with Crippen LogP contribution in [-0.4, -0.2) is 39.9 Å². The Kier molecular flexibility index (Phi) is 4.92. The van der Waals surface area contributed by atoms with Crippen LogP contribution >= 0.6 is 0 Å². The average molecular weight is 396 g/mol. The number of aromatic carboxylic acids is 1. The van der Waals surface area contributed by atoms with Crippen LogP contribution in [0.25, 0.3) is 10.9 Å². The highest BCUT2D eigenvalue weighted by Gasteiger charge is 2.21. The van der Waals surface area contributed by atoms with E-state index < -0.39 is 17.7 Å². The predicted octanol–water partition coefficient (Wildman–Crippen LogP) is 3.65. The minimum atomic E-state index is -1.07. The molecule has 1 aliphatic heterocycles. The third-order valence-electron chi connectivity index (χ3n) is 5.22. The zero-order valence-corrected chi connectivity index (χ0v) is 16.0. The van der Waals surface area contributed by atoms with Gasteiger partial charge in [0.05, 0.1) is 22.5 Å². The molecule has 150 valence electrons. The van der Waals surface area contributed by atoms with E-state index in [0.717, 1.165) is 38.0 Å². The molecule has 0 radical (unpaired) electrons. The molecule has 29 heavy (non-hydrogen) atoms. The smallest absolute Gasteiger partial charge is 0.335 e. The summed E-state index contributed by atoms with van der Waals surface area (Å²) in [6, 6.07) is 8.87. The fourth-order valence-electron chi connectivity index (χ4n) is 3.76. The maximum Gasteiger partial charge on any atom is 0.335 e. The molecule has 0 atom stereocenters. The number of anilines is 2. The second-order valence-electron chi connectivity index (χ2n) is 7.17. The van der Waals surface area contributed by atoms with E-state index in [9.17, 15) is 19.1 Å². The first-order valence-electron chi connectivity index (χ1n) is 9.50. The molecule has 1 fully saturated rings. The maximum absolute atomic E-state index is 13.5. The lowest BCUT2D eigenvalue weighted by molar-refractivity contribution is 0.0696. The van der Waals surface area contributed by atoms with E-state index in [0.29, 0.717) is 16.6 Å². The lowest BCUT2D eigenvalue weighted by atomic mass is 10.1. The van der Waals surface area contributed by atoms with E-state index in [4.69, 9.17) is 0 Å². The standard InChI is InChI=1S/C21H21FN4O3/c1-25-18-12-14(22)6-7-15(18)19(24-25)20(27)23-16-11-13(21(28)29)5-8-17(16)26-9-3-2-4-10-26/h5-8,11-12H,2-4,9-10H2,1H3,(H,23,27)(H,28,29). The second-order valence-corrected chi connectivity index (χ2v) is 7.17. The number of amides is 1. The summed E-state index contributed by atoms with van der Waals surface area (Å²) < 4.78 is 15.0. The zero-order chi connectivity index (χ0) is 20.5. The molecule has 2 aromatic carbocycles. The number of rotatable bonds is 4. The number of carbonyl (C=O) groups excluding carboxylic acids is 1. The van der Waals surface area contributed by atoms with Crippen LogP contribution in [0.5, 0.6) is 0 Å². The number of hydrogen-bond donors (Lipinski definition) is 2. The van der Waals surface area contributed by atoms with Crippen molar-refractivity contribution in [3.8, 4) is 0 Å². The Morgan fingerprint density at radius 1 is 1.10 bits per heavy atom. The van der Waals surface area contributed by atoms with Gasteiger partial charge in [0.1, 0.15) is 5.82 Å². The molecule has 0 bridgehead atoms. The van der Waals surface area contributed by atoms with Gasteiger partial charge in [-0.15, -0.1) is 0 Å². The molecule has 1 amide bonds. The highest BCUT2D eigenvalue weighted by molar-refractivity contribution is 6.12. The van der Waals surface area contributed by atoms with Crippen molar-refractivity contribution in [3.05, 3.63) is 53.5 Å². The normalized spacial score (nSPS) is 14.2. The van der Waals surface area contributed by atoms with E-state index in [1.54, 1.807) is 19.2 Å². The van der Waals surface area contributed by atoms with Crippen molar-refractivity contribution in [1.29, 1.82) is 0 Å². The van der Waals surface area contributed by atoms with Crippen LogP contribution in [-0.2, 0) is 7.05 Å². The fourth-order valence-corrected chi connectivity index (χ4v) is 3.76. The number of nitrogens with zero attached hydrogens (tertiary/aromatic N) is 3. The molecule has 3 aromatic rings. The molecular formula is C21H21FN4O3. The van der Waals surface area contributed by atoms with Crippen LogP contribution < -0.4 is 10.2 Å². The number of halogens is 1. The Balaban J connectivity index is 1.72. The van der Waals surface area contributed by atoms with Crippen molar-refractivity contribution in [2.45, 2.75) is 19.3 Å². The van der Waals surface area contributed by atoms with Gasteiger partial charge in [-0.3, -0.25) is 9.48 Å². The van der Waals surface area contributed by atoms with Crippen molar-refractivity contribution < 1.29 is 19.1 Å². The fraction of sp³-hybridized carbons (Fsp3) is 0.286. The highest BCUT2D eigenvalue weighted by Crippen LogP contribution is 2.31. The third kappa shape index (κ3) is 3.65. The Bertz CT molecular complexity index is 1100. The molecule has 0 saturated carbocycles. The van der Waals surface area contributed by atoms with E-state index in [2.05, 4.69) is 15.3 Å². The Morgan fingerprint density at radius 2 is 1.86 bits per heavy atom. The summed E-state index contributed by atoms with van der Waals surface area (Å²) in [4.78, 5) is 26.6. The Hall–Kier alpha value is -3.42. The molecule has 1 aromatic heterocycles. The summed E-state index contributed by atoms with van der Waals surface area (Å²) in [6.45, 7) is 1.70. The van der Waals surface area contributed by atoms with E-state index >= 15 is 0 Å². The van der Waals surface area contributed by atoms with Crippen LogP contribution in [0, 0.1) is 5.82 Å². The minimum absolute atomic E-state index is 0.0917. The van der Waals surface area contributed by atoms with Crippen molar-refractivity contribution in [1.82, 2.24) is 9.78 Å². The number of aryl methyl sites for hydroxylation is 1. The lowest BCUT2D eigenvalue weighted by Crippen LogP contribution is -2.30. The van der Waals surface area contributed by atoms with Gasteiger partial charge in [-0.25, -0.2) is 9.18 Å². The summed E-state index contributed by atoms with van der Waals surface area (Å²) >= 11 is 0. The average Bonchev–Trinajstić information content (AvgIpc) is 3.04. The Morgan fingerprint density at radius 3 is 2.59 bits per heavy atom. The molecule has 1 aliphatic rings. The highest BCUT2D eigenvalue weighted by atomic mass is 19.1. The summed E-state index contributed by atoms with van der Waals surface area (Å²) in [7, 11) is 1.64. The summed E-state index contributed by atoms with van der Waals surface area (Å²) in [5, 5.41) is 16.9. The molecule has 4 rings (SSSR count). The molecule has 2 N–H and O–H groups in total. The monoisotopic (exact) mass is 396 g/mol. The van der Waals surface area contributed by atoms with Crippen molar-refractivity contribution in [3.63, 3.8) is 0 Å². The maximum atomic E-state index is 13.5. The number of aromatic nitrogens is 2. The molecule has 1 saturated heterocycles. The molecular weight excluding hydrogens is 375 g/mol. The second kappa shape index (κ2) is 7.54. The topological polar surface area (TPSA) is 87.5 Å². The van der Waals surface area contributed by atoms with E-state index in [-0.39, 0.29) is 11.3 Å². The van der Waals surface area contributed by atoms with Crippen LogP contribution in [0.2, 0.25) is 0 Å². The number of carboxylic acids is 1. The number of benzene rings is 2.